The lowest BCUT2D eigenvalue weighted by Gasteiger charge is -2.28. The number of hydrogen-bond acceptors (Lipinski definition) is 8. The van der Waals surface area contributed by atoms with Crippen LogP contribution in [-0.2, 0) is 23.9 Å². The first kappa shape index (κ1) is 32.8. The summed E-state index contributed by atoms with van der Waals surface area (Å²) in [4.78, 5) is 30.4. The van der Waals surface area contributed by atoms with Crippen LogP contribution in [0.1, 0.15) is 53.1 Å². The number of hydrogen-bond donors (Lipinski definition) is 3. The average Bonchev–Trinajstić information content (AvgIpc) is 3.66. The number of pyridine rings is 1. The first-order valence-electron chi connectivity index (χ1n) is 15.1. The van der Waals surface area contributed by atoms with E-state index >= 15 is 4.39 Å². The smallest absolute Gasteiger partial charge is 0.251 e. The van der Waals surface area contributed by atoms with Crippen LogP contribution in [-0.4, -0.2) is 61.7 Å². The zero-order valence-electron chi connectivity index (χ0n) is 26.3. The fourth-order valence-corrected chi connectivity index (χ4v) is 5.67. The van der Waals surface area contributed by atoms with Gasteiger partial charge >= 0.3 is 0 Å². The number of nitrogens with two attached hydrogens (primary N) is 1. The average molecular weight is 680 g/mol. The third kappa shape index (κ3) is 6.28. The summed E-state index contributed by atoms with van der Waals surface area (Å²) >= 11 is 6.03. The maximum Gasteiger partial charge on any atom is 0.251 e. The molecule has 0 unspecified atom stereocenters. The summed E-state index contributed by atoms with van der Waals surface area (Å²) in [5.41, 5.74) is 3.96. The summed E-state index contributed by atoms with van der Waals surface area (Å²) in [5, 5.41) is 24.5. The van der Waals surface area contributed by atoms with Crippen LogP contribution in [0.25, 0.3) is 22.2 Å². The van der Waals surface area contributed by atoms with Gasteiger partial charge in [-0.25, -0.2) is 13.8 Å². The Balaban J connectivity index is 1.45. The molecule has 250 valence electrons. The number of aryl methyl sites for hydroxylation is 1. The Hall–Kier alpha value is -5.08. The molecule has 0 aliphatic heterocycles. The molecule has 15 heteroatoms. The molecule has 0 bridgehead atoms. The molecule has 1 fully saturated rings. The van der Waals surface area contributed by atoms with Crippen molar-refractivity contribution in [3.05, 3.63) is 88.0 Å². The molecule has 6 rings (SSSR count). The van der Waals surface area contributed by atoms with E-state index in [0.717, 1.165) is 18.9 Å². The third-order valence-electron chi connectivity index (χ3n) is 8.03. The number of benzene rings is 2. The molecule has 2 amide bonds. The number of aliphatic hydroxyl groups is 1. The normalized spacial score (nSPS) is 14.1. The Kier molecular flexibility index (Phi) is 8.79. The second-order valence-corrected chi connectivity index (χ2v) is 11.9. The molecule has 48 heavy (non-hydrogen) atoms. The first-order valence-corrected chi connectivity index (χ1v) is 15.5. The van der Waals surface area contributed by atoms with E-state index in [9.17, 15) is 19.1 Å². The molecule has 1 aliphatic rings. The topological polar surface area (TPSA) is 159 Å². The Bertz CT molecular complexity index is 2060. The van der Waals surface area contributed by atoms with Crippen LogP contribution in [0.4, 0.5) is 8.78 Å². The van der Waals surface area contributed by atoms with Gasteiger partial charge in [-0.1, -0.05) is 11.6 Å². The van der Waals surface area contributed by atoms with E-state index < -0.39 is 35.6 Å². The van der Waals surface area contributed by atoms with Gasteiger partial charge in [-0.05, 0) is 50.1 Å². The van der Waals surface area contributed by atoms with E-state index in [1.54, 1.807) is 32.3 Å². The number of aromatic nitrogens is 5. The second kappa shape index (κ2) is 12.8. The van der Waals surface area contributed by atoms with Crippen molar-refractivity contribution in [1.29, 1.82) is 0 Å². The fourth-order valence-electron chi connectivity index (χ4n) is 5.50. The Morgan fingerprint density at radius 3 is 2.56 bits per heavy atom. The number of rotatable bonds is 12. The van der Waals surface area contributed by atoms with Crippen LogP contribution < -0.4 is 20.5 Å². The van der Waals surface area contributed by atoms with Gasteiger partial charge in [0, 0.05) is 47.6 Å². The summed E-state index contributed by atoms with van der Waals surface area (Å²) in [6.45, 7) is 1.29. The van der Waals surface area contributed by atoms with Crippen LogP contribution >= 0.6 is 11.6 Å². The monoisotopic (exact) mass is 679 g/mol. The summed E-state index contributed by atoms with van der Waals surface area (Å²) in [6.07, 6.45) is 5.12. The van der Waals surface area contributed by atoms with E-state index in [0.29, 0.717) is 28.8 Å². The van der Waals surface area contributed by atoms with Crippen LogP contribution in [0.3, 0.4) is 0 Å². The number of ether oxygens (including phenoxy) is 2. The Morgan fingerprint density at radius 1 is 1.15 bits per heavy atom. The van der Waals surface area contributed by atoms with Gasteiger partial charge in [0.2, 0.25) is 5.91 Å². The number of fused-ring (bicyclic) bond motifs is 1. The minimum Gasteiger partial charge on any atom is -0.494 e. The van der Waals surface area contributed by atoms with Crippen LogP contribution in [0, 0.1) is 11.6 Å². The predicted molar refractivity (Wildman–Crippen MR) is 172 cm³/mol. The van der Waals surface area contributed by atoms with Crippen molar-refractivity contribution >= 4 is 34.3 Å². The number of carbonyl (C=O) groups excluding carboxylic acids is 2. The lowest BCUT2D eigenvalue weighted by molar-refractivity contribution is -0.117. The zero-order valence-corrected chi connectivity index (χ0v) is 27.0. The minimum absolute atomic E-state index is 0.0128. The highest BCUT2D eigenvalue weighted by molar-refractivity contribution is 6.31. The molecular weight excluding hydrogens is 648 g/mol. The van der Waals surface area contributed by atoms with Crippen molar-refractivity contribution in [3.63, 3.8) is 0 Å². The van der Waals surface area contributed by atoms with Crippen molar-refractivity contribution in [3.8, 4) is 22.8 Å². The lowest BCUT2D eigenvalue weighted by atomic mass is 9.91. The minimum atomic E-state index is -2.14. The summed E-state index contributed by atoms with van der Waals surface area (Å²) in [5.74, 6) is -2.92. The highest BCUT2D eigenvalue weighted by Gasteiger charge is 2.38. The lowest BCUT2D eigenvalue weighted by Crippen LogP contribution is -2.43. The van der Waals surface area contributed by atoms with E-state index in [1.807, 2.05) is 10.9 Å². The predicted octanol–water partition coefficient (Wildman–Crippen LogP) is 4.20. The fraction of sp³-hybridized carbons (Fsp3) is 0.303. The molecule has 1 aliphatic carbocycles. The molecule has 3 heterocycles. The number of methoxy groups -OCH3 is 1. The van der Waals surface area contributed by atoms with Gasteiger partial charge in [-0.15, -0.1) is 0 Å². The van der Waals surface area contributed by atoms with Crippen molar-refractivity contribution in [1.82, 2.24) is 29.9 Å². The molecule has 4 N–H and O–H groups in total. The molecule has 0 saturated heterocycles. The van der Waals surface area contributed by atoms with E-state index in [4.69, 9.17) is 26.8 Å². The van der Waals surface area contributed by atoms with Gasteiger partial charge in [0.15, 0.2) is 5.60 Å². The van der Waals surface area contributed by atoms with Crippen LogP contribution in [0.5, 0.6) is 11.5 Å². The van der Waals surface area contributed by atoms with Gasteiger partial charge in [0.1, 0.15) is 40.0 Å². The number of primary amides is 1. The Labute approximate surface area is 278 Å². The SMILES string of the molecule is CCOc1c(CC(N)=O)cc([C@@](O)(CNC(=O)c2cc(OC)c3nn(C4CC4)cc3c2)c2ccn(C)n2)nc1-c1cc(Cl)c(F)cc1F. The molecule has 3 aromatic heterocycles. The first-order chi connectivity index (χ1) is 22.9. The number of nitrogens with one attached hydrogen (secondary N) is 1. The molecule has 12 nitrogen and oxygen atoms in total. The molecule has 5 aromatic rings. The number of nitrogens with zero attached hydrogens (tertiary/aromatic N) is 5. The van der Waals surface area contributed by atoms with E-state index in [-0.39, 0.29) is 57.6 Å². The van der Waals surface area contributed by atoms with Crippen LogP contribution in [0.2, 0.25) is 5.02 Å². The standard InChI is InChI=1S/C33H32ClF2N7O5/c1-4-48-31-17(12-28(37)44)11-27(39-30(31)21-13-22(34)24(36)14-23(21)35)33(46,26-7-8-42(2)40-26)16-38-32(45)18-9-19-15-43(20-5-6-20)41-29(19)25(10-18)47-3/h7-11,13-15,20,46H,4-6,12,16H2,1-3H3,(H2,37,44)(H,38,45)/t33-/m1/s1. The molecular formula is C33H32ClF2N7O5. The molecule has 0 radical (unpaired) electrons. The molecule has 0 spiro atoms. The quantitative estimate of drug-likeness (QED) is 0.166. The Morgan fingerprint density at radius 2 is 1.92 bits per heavy atom. The van der Waals surface area contributed by atoms with Gasteiger partial charge in [0.05, 0.1) is 43.4 Å². The van der Waals surface area contributed by atoms with Gasteiger partial charge in [-0.3, -0.25) is 19.0 Å². The largest absolute Gasteiger partial charge is 0.494 e. The summed E-state index contributed by atoms with van der Waals surface area (Å²) < 4.78 is 44.1. The molecule has 1 atom stereocenters. The van der Waals surface area contributed by atoms with Gasteiger partial charge < -0.3 is 25.6 Å². The summed E-state index contributed by atoms with van der Waals surface area (Å²) in [6, 6.07) is 8.09. The van der Waals surface area contributed by atoms with Gasteiger partial charge in [0.25, 0.3) is 5.91 Å². The molecule has 1 saturated carbocycles. The number of carbonyl (C=O) groups is 2. The van der Waals surface area contributed by atoms with Crippen LogP contribution in [0.15, 0.2) is 48.8 Å². The zero-order chi connectivity index (χ0) is 34.3. The highest BCUT2D eigenvalue weighted by atomic mass is 35.5. The van der Waals surface area contributed by atoms with Gasteiger partial charge in [-0.2, -0.15) is 10.2 Å². The number of halogens is 3. The van der Waals surface area contributed by atoms with Crippen molar-refractivity contribution in [2.45, 2.75) is 37.8 Å². The van der Waals surface area contributed by atoms with Crippen molar-refractivity contribution < 1.29 is 33.0 Å². The maximum absolute atomic E-state index is 15.3. The van der Waals surface area contributed by atoms with E-state index in [2.05, 4.69) is 20.5 Å². The van der Waals surface area contributed by atoms with Crippen molar-refractivity contribution in [2.24, 2.45) is 12.8 Å². The maximum atomic E-state index is 15.3. The number of amides is 2. The van der Waals surface area contributed by atoms with E-state index in [1.165, 1.54) is 23.9 Å². The third-order valence-corrected chi connectivity index (χ3v) is 8.32. The molecule has 2 aromatic carbocycles. The highest BCUT2D eigenvalue weighted by Crippen LogP contribution is 2.40. The second-order valence-electron chi connectivity index (χ2n) is 11.5. The summed E-state index contributed by atoms with van der Waals surface area (Å²) in [7, 11) is 3.12. The van der Waals surface area contributed by atoms with Crippen molar-refractivity contribution in [2.75, 3.05) is 20.3 Å².